The summed E-state index contributed by atoms with van der Waals surface area (Å²) in [5.74, 6) is 0.604. The topological polar surface area (TPSA) is 55.4 Å². The quantitative estimate of drug-likeness (QED) is 0.810. The van der Waals surface area contributed by atoms with Gasteiger partial charge < -0.3 is 4.74 Å². The highest BCUT2D eigenvalue weighted by molar-refractivity contribution is 7.89. The molecule has 0 spiro atoms. The second-order valence-electron chi connectivity index (χ2n) is 5.10. The molecule has 0 unspecified atom stereocenters. The van der Waals surface area contributed by atoms with E-state index in [0.717, 1.165) is 17.7 Å². The second kappa shape index (κ2) is 7.63. The molecule has 0 atom stereocenters. The highest BCUT2D eigenvalue weighted by atomic mass is 35.5. The fourth-order valence-corrected chi connectivity index (χ4v) is 3.48. The Bertz CT molecular complexity index is 854. The lowest BCUT2D eigenvalue weighted by molar-refractivity contribution is -0.137. The number of sulfonamides is 1. The zero-order valence-electron chi connectivity index (χ0n) is 13.1. The van der Waals surface area contributed by atoms with E-state index < -0.39 is 31.7 Å². The number of methoxy groups -OCH3 is 1. The van der Waals surface area contributed by atoms with Crippen molar-refractivity contribution in [2.75, 3.05) is 13.7 Å². The molecule has 0 aromatic heterocycles. The van der Waals surface area contributed by atoms with Crippen LogP contribution in [0.4, 0.5) is 13.2 Å². The van der Waals surface area contributed by atoms with E-state index in [1.54, 1.807) is 24.3 Å². The summed E-state index contributed by atoms with van der Waals surface area (Å²) in [6, 6.07) is 9.53. The van der Waals surface area contributed by atoms with Crippen LogP contribution in [0.25, 0.3) is 0 Å². The number of alkyl halides is 3. The van der Waals surface area contributed by atoms with Gasteiger partial charge in [0.1, 0.15) is 5.75 Å². The van der Waals surface area contributed by atoms with Gasteiger partial charge in [-0.25, -0.2) is 13.1 Å². The number of ether oxygens (including phenoxy) is 1. The number of hydrogen-bond acceptors (Lipinski definition) is 3. The maximum Gasteiger partial charge on any atom is 0.417 e. The number of nitrogens with one attached hydrogen (secondary N) is 1. The van der Waals surface area contributed by atoms with Crippen molar-refractivity contribution >= 4 is 21.6 Å². The zero-order chi connectivity index (χ0) is 18.7. The smallest absolute Gasteiger partial charge is 0.417 e. The summed E-state index contributed by atoms with van der Waals surface area (Å²) in [6.45, 7) is 0.00663. The van der Waals surface area contributed by atoms with Crippen molar-refractivity contribution in [2.45, 2.75) is 17.5 Å². The Balaban J connectivity index is 2.14. The van der Waals surface area contributed by atoms with Gasteiger partial charge in [-0.3, -0.25) is 0 Å². The van der Waals surface area contributed by atoms with Crippen LogP contribution < -0.4 is 9.46 Å². The standard InChI is InChI=1S/C16H15ClF3NO3S/c1-24-15-5-3-2-4-11(15)8-9-21-25(22,23)12-6-7-14(17)13(10-12)16(18,19)20/h2-7,10,21H,8-9H2,1H3. The lowest BCUT2D eigenvalue weighted by Gasteiger charge is -2.12. The van der Waals surface area contributed by atoms with E-state index >= 15 is 0 Å². The van der Waals surface area contributed by atoms with Gasteiger partial charge in [0.2, 0.25) is 10.0 Å². The molecule has 136 valence electrons. The fourth-order valence-electron chi connectivity index (χ4n) is 2.20. The van der Waals surface area contributed by atoms with E-state index in [4.69, 9.17) is 16.3 Å². The molecule has 0 radical (unpaired) electrons. The minimum atomic E-state index is -4.74. The molecule has 0 aliphatic carbocycles. The molecule has 2 aromatic carbocycles. The number of hydrogen-bond donors (Lipinski definition) is 1. The molecule has 9 heteroatoms. The van der Waals surface area contributed by atoms with Crippen LogP contribution in [0.3, 0.4) is 0 Å². The summed E-state index contributed by atoms with van der Waals surface area (Å²) >= 11 is 5.50. The average Bonchev–Trinajstić information content (AvgIpc) is 2.54. The van der Waals surface area contributed by atoms with Crippen LogP contribution in [0.5, 0.6) is 5.75 Å². The van der Waals surface area contributed by atoms with Gasteiger partial charge in [-0.2, -0.15) is 13.2 Å². The Morgan fingerprint density at radius 2 is 1.84 bits per heavy atom. The Hall–Kier alpha value is -1.77. The van der Waals surface area contributed by atoms with Crippen LogP contribution in [0.2, 0.25) is 5.02 Å². The van der Waals surface area contributed by atoms with Gasteiger partial charge in [-0.15, -0.1) is 0 Å². The van der Waals surface area contributed by atoms with E-state index in [2.05, 4.69) is 4.72 Å². The number of benzene rings is 2. The zero-order valence-corrected chi connectivity index (χ0v) is 14.7. The minimum Gasteiger partial charge on any atom is -0.496 e. The summed E-state index contributed by atoms with van der Waals surface area (Å²) in [5, 5.41) is -0.555. The molecule has 0 bridgehead atoms. The Labute approximate surface area is 148 Å². The van der Waals surface area contributed by atoms with E-state index in [1.165, 1.54) is 7.11 Å². The molecule has 0 aliphatic heterocycles. The van der Waals surface area contributed by atoms with Gasteiger partial charge in [-0.05, 0) is 36.2 Å². The summed E-state index contributed by atoms with van der Waals surface area (Å²) in [5.41, 5.74) is -0.415. The maximum absolute atomic E-state index is 12.9. The molecular weight excluding hydrogens is 379 g/mol. The third kappa shape index (κ3) is 4.87. The largest absolute Gasteiger partial charge is 0.496 e. The lowest BCUT2D eigenvalue weighted by atomic mass is 10.1. The van der Waals surface area contributed by atoms with Crippen molar-refractivity contribution in [1.29, 1.82) is 0 Å². The fraction of sp³-hybridized carbons (Fsp3) is 0.250. The molecule has 25 heavy (non-hydrogen) atoms. The van der Waals surface area contributed by atoms with Crippen LogP contribution in [0.1, 0.15) is 11.1 Å². The third-order valence-corrected chi connectivity index (χ3v) is 5.22. The van der Waals surface area contributed by atoms with Crippen molar-refractivity contribution in [3.8, 4) is 5.75 Å². The monoisotopic (exact) mass is 393 g/mol. The summed E-state index contributed by atoms with van der Waals surface area (Å²) < 4.78 is 70.5. The Kier molecular flexibility index (Phi) is 5.97. The Morgan fingerprint density at radius 1 is 1.16 bits per heavy atom. The Morgan fingerprint density at radius 3 is 2.48 bits per heavy atom. The van der Waals surface area contributed by atoms with Crippen LogP contribution in [0, 0.1) is 0 Å². The van der Waals surface area contributed by atoms with Gasteiger partial charge in [0.05, 0.1) is 22.6 Å². The average molecular weight is 394 g/mol. The molecule has 0 aliphatic rings. The predicted molar refractivity (Wildman–Crippen MR) is 88.3 cm³/mol. The van der Waals surface area contributed by atoms with Gasteiger partial charge in [0, 0.05) is 6.54 Å². The molecule has 0 saturated carbocycles. The first-order valence-electron chi connectivity index (χ1n) is 7.13. The van der Waals surface area contributed by atoms with Crippen LogP contribution >= 0.6 is 11.6 Å². The lowest BCUT2D eigenvalue weighted by Crippen LogP contribution is -2.26. The summed E-state index contributed by atoms with van der Waals surface area (Å²) in [4.78, 5) is -0.496. The van der Waals surface area contributed by atoms with Crippen molar-refractivity contribution in [3.05, 3.63) is 58.6 Å². The first kappa shape index (κ1) is 19.6. The number of para-hydroxylation sites is 1. The first-order chi connectivity index (χ1) is 11.6. The van der Waals surface area contributed by atoms with Gasteiger partial charge >= 0.3 is 6.18 Å². The van der Waals surface area contributed by atoms with Crippen LogP contribution in [-0.2, 0) is 22.6 Å². The minimum absolute atomic E-state index is 0.00663. The molecule has 0 saturated heterocycles. The summed E-state index contributed by atoms with van der Waals surface area (Å²) in [7, 11) is -2.60. The predicted octanol–water partition coefficient (Wildman–Crippen LogP) is 3.89. The summed E-state index contributed by atoms with van der Waals surface area (Å²) in [6.07, 6.45) is -4.41. The molecule has 0 heterocycles. The van der Waals surface area contributed by atoms with Crippen molar-refractivity contribution in [2.24, 2.45) is 0 Å². The van der Waals surface area contributed by atoms with E-state index in [-0.39, 0.29) is 6.54 Å². The molecule has 2 aromatic rings. The van der Waals surface area contributed by atoms with Gasteiger partial charge in [0.25, 0.3) is 0 Å². The van der Waals surface area contributed by atoms with Crippen LogP contribution in [-0.4, -0.2) is 22.1 Å². The number of rotatable bonds is 6. The molecule has 1 N–H and O–H groups in total. The van der Waals surface area contributed by atoms with Crippen molar-refractivity contribution in [3.63, 3.8) is 0 Å². The molecule has 4 nitrogen and oxygen atoms in total. The third-order valence-electron chi connectivity index (χ3n) is 3.43. The molecule has 2 rings (SSSR count). The number of halogens is 4. The van der Waals surface area contributed by atoms with Crippen molar-refractivity contribution in [1.82, 2.24) is 4.72 Å². The van der Waals surface area contributed by atoms with Gasteiger partial charge in [-0.1, -0.05) is 29.8 Å². The van der Waals surface area contributed by atoms with E-state index in [9.17, 15) is 21.6 Å². The first-order valence-corrected chi connectivity index (χ1v) is 8.99. The van der Waals surface area contributed by atoms with E-state index in [1.807, 2.05) is 0 Å². The second-order valence-corrected chi connectivity index (χ2v) is 7.27. The normalized spacial score (nSPS) is 12.2. The van der Waals surface area contributed by atoms with Crippen LogP contribution in [0.15, 0.2) is 47.4 Å². The molecular formula is C16H15ClF3NO3S. The van der Waals surface area contributed by atoms with E-state index in [0.29, 0.717) is 18.2 Å². The maximum atomic E-state index is 12.9. The molecule has 0 fully saturated rings. The highest BCUT2D eigenvalue weighted by Gasteiger charge is 2.34. The van der Waals surface area contributed by atoms with Gasteiger partial charge in [0.15, 0.2) is 0 Å². The SMILES string of the molecule is COc1ccccc1CCNS(=O)(=O)c1ccc(Cl)c(C(F)(F)F)c1. The van der Waals surface area contributed by atoms with Crippen molar-refractivity contribution < 1.29 is 26.3 Å². The molecule has 0 amide bonds. The highest BCUT2D eigenvalue weighted by Crippen LogP contribution is 2.35.